The third kappa shape index (κ3) is 3.83. The van der Waals surface area contributed by atoms with Crippen molar-refractivity contribution in [2.24, 2.45) is 0 Å². The minimum Gasteiger partial charge on any atom is -0.306 e. The molecule has 0 saturated carbocycles. The van der Waals surface area contributed by atoms with Crippen molar-refractivity contribution in [3.8, 4) is 0 Å². The number of thiophene rings is 1. The molecular formula is C14H13Br2ClFNS. The SMILES string of the molecule is CCCNC(c1ccc(Cl)cc1F)c1cc(Br)sc1Br. The lowest BCUT2D eigenvalue weighted by Crippen LogP contribution is -2.24. The predicted octanol–water partition coefficient (Wildman–Crippen LogP) is 6.15. The van der Waals surface area contributed by atoms with Gasteiger partial charge in [-0.2, -0.15) is 0 Å². The largest absolute Gasteiger partial charge is 0.306 e. The van der Waals surface area contributed by atoms with Crippen molar-refractivity contribution in [2.45, 2.75) is 19.4 Å². The second-order valence-corrected chi connectivity index (χ2v) is 8.52. The Morgan fingerprint density at radius 3 is 2.60 bits per heavy atom. The smallest absolute Gasteiger partial charge is 0.129 e. The van der Waals surface area contributed by atoms with E-state index in [1.165, 1.54) is 6.07 Å². The zero-order chi connectivity index (χ0) is 14.7. The Morgan fingerprint density at radius 1 is 1.30 bits per heavy atom. The van der Waals surface area contributed by atoms with Crippen LogP contribution in [0.1, 0.15) is 30.5 Å². The number of hydrogen-bond acceptors (Lipinski definition) is 2. The zero-order valence-electron chi connectivity index (χ0n) is 10.7. The first-order chi connectivity index (χ1) is 9.52. The van der Waals surface area contributed by atoms with E-state index < -0.39 is 0 Å². The molecule has 1 aromatic heterocycles. The van der Waals surface area contributed by atoms with E-state index >= 15 is 0 Å². The van der Waals surface area contributed by atoms with Crippen LogP contribution < -0.4 is 5.32 Å². The van der Waals surface area contributed by atoms with Gasteiger partial charge in [-0.15, -0.1) is 11.3 Å². The lowest BCUT2D eigenvalue weighted by Gasteiger charge is -2.19. The van der Waals surface area contributed by atoms with Crippen LogP contribution in [-0.2, 0) is 0 Å². The Kier molecular flexibility index (Phi) is 6.05. The quantitative estimate of drug-likeness (QED) is 0.586. The van der Waals surface area contributed by atoms with E-state index in [0.717, 1.165) is 26.1 Å². The lowest BCUT2D eigenvalue weighted by molar-refractivity contribution is 0.546. The highest BCUT2D eigenvalue weighted by Gasteiger charge is 2.21. The molecular weight excluding hydrogens is 428 g/mol. The number of halogens is 4. The third-order valence-electron chi connectivity index (χ3n) is 2.87. The second kappa shape index (κ2) is 7.36. The van der Waals surface area contributed by atoms with Crippen LogP contribution in [0.4, 0.5) is 4.39 Å². The van der Waals surface area contributed by atoms with Crippen molar-refractivity contribution < 1.29 is 4.39 Å². The van der Waals surface area contributed by atoms with Gasteiger partial charge in [-0.05, 0) is 68.6 Å². The fourth-order valence-corrected chi connectivity index (χ4v) is 5.02. The molecule has 0 fully saturated rings. The Labute approximate surface area is 143 Å². The van der Waals surface area contributed by atoms with Crippen LogP contribution in [-0.4, -0.2) is 6.54 Å². The Morgan fingerprint density at radius 2 is 2.05 bits per heavy atom. The van der Waals surface area contributed by atoms with Crippen LogP contribution in [0.2, 0.25) is 5.02 Å². The maximum absolute atomic E-state index is 14.2. The second-order valence-electron chi connectivity index (χ2n) is 4.33. The molecule has 0 amide bonds. The van der Waals surface area contributed by atoms with Gasteiger partial charge in [0.1, 0.15) is 5.82 Å². The van der Waals surface area contributed by atoms with Gasteiger partial charge in [0.2, 0.25) is 0 Å². The summed E-state index contributed by atoms with van der Waals surface area (Å²) in [6.45, 7) is 2.90. The summed E-state index contributed by atoms with van der Waals surface area (Å²) in [6, 6.07) is 6.63. The molecule has 108 valence electrons. The fourth-order valence-electron chi connectivity index (χ4n) is 1.96. The van der Waals surface area contributed by atoms with Gasteiger partial charge < -0.3 is 5.32 Å². The van der Waals surface area contributed by atoms with E-state index in [4.69, 9.17) is 11.6 Å². The first-order valence-corrected chi connectivity index (χ1v) is 8.94. The first-order valence-electron chi connectivity index (χ1n) is 6.16. The molecule has 0 aliphatic carbocycles. The minimum atomic E-state index is -0.291. The maximum atomic E-state index is 14.2. The number of hydrogen-bond donors (Lipinski definition) is 1. The van der Waals surface area contributed by atoms with Crippen LogP contribution in [0.5, 0.6) is 0 Å². The molecule has 20 heavy (non-hydrogen) atoms. The minimum absolute atomic E-state index is 0.191. The molecule has 1 N–H and O–H groups in total. The van der Waals surface area contributed by atoms with Gasteiger partial charge in [0.05, 0.1) is 13.6 Å². The molecule has 0 aliphatic rings. The topological polar surface area (TPSA) is 12.0 Å². The van der Waals surface area contributed by atoms with Gasteiger partial charge in [-0.25, -0.2) is 4.39 Å². The van der Waals surface area contributed by atoms with E-state index in [0.29, 0.717) is 10.6 Å². The zero-order valence-corrected chi connectivity index (χ0v) is 15.5. The van der Waals surface area contributed by atoms with Gasteiger partial charge in [-0.1, -0.05) is 24.6 Å². The number of nitrogens with one attached hydrogen (secondary N) is 1. The van der Waals surface area contributed by atoms with Gasteiger partial charge in [0.25, 0.3) is 0 Å². The highest BCUT2D eigenvalue weighted by atomic mass is 79.9. The summed E-state index contributed by atoms with van der Waals surface area (Å²) in [6.07, 6.45) is 0.981. The summed E-state index contributed by atoms with van der Waals surface area (Å²) in [5.74, 6) is -0.291. The van der Waals surface area contributed by atoms with Gasteiger partial charge >= 0.3 is 0 Å². The molecule has 1 atom stereocenters. The van der Waals surface area contributed by atoms with Gasteiger partial charge in [0.15, 0.2) is 0 Å². The molecule has 0 radical (unpaired) electrons. The lowest BCUT2D eigenvalue weighted by atomic mass is 10.0. The molecule has 1 nitrogen and oxygen atoms in total. The van der Waals surface area contributed by atoms with Gasteiger partial charge in [0, 0.05) is 10.6 Å². The van der Waals surface area contributed by atoms with Gasteiger partial charge in [-0.3, -0.25) is 0 Å². The average molecular weight is 442 g/mol. The summed E-state index contributed by atoms with van der Waals surface area (Å²) in [5, 5.41) is 3.80. The Balaban J connectivity index is 2.44. The highest BCUT2D eigenvalue weighted by Crippen LogP contribution is 2.38. The molecule has 0 aliphatic heterocycles. The summed E-state index contributed by atoms with van der Waals surface area (Å²) >= 11 is 14.4. The van der Waals surface area contributed by atoms with Crippen LogP contribution in [0.15, 0.2) is 31.8 Å². The maximum Gasteiger partial charge on any atom is 0.129 e. The molecule has 1 aromatic carbocycles. The van der Waals surface area contributed by atoms with Crippen molar-refractivity contribution in [1.82, 2.24) is 5.32 Å². The van der Waals surface area contributed by atoms with Crippen LogP contribution in [0, 0.1) is 5.82 Å². The summed E-state index contributed by atoms with van der Waals surface area (Å²) in [4.78, 5) is 0. The fraction of sp³-hybridized carbons (Fsp3) is 0.286. The van der Waals surface area contributed by atoms with Crippen molar-refractivity contribution >= 4 is 54.8 Å². The Bertz CT molecular complexity index is 603. The molecule has 2 rings (SSSR count). The summed E-state index contributed by atoms with van der Waals surface area (Å²) < 4.78 is 16.2. The van der Waals surface area contributed by atoms with E-state index in [2.05, 4.69) is 44.1 Å². The molecule has 1 unspecified atom stereocenters. The standard InChI is InChI=1S/C14H13Br2ClFNS/c1-2-5-19-13(10-7-12(15)20-14(10)16)9-4-3-8(17)6-11(9)18/h3-4,6-7,13,19H,2,5H2,1H3. The molecule has 0 saturated heterocycles. The van der Waals surface area contributed by atoms with E-state index in [1.807, 2.05) is 6.07 Å². The van der Waals surface area contributed by atoms with E-state index in [9.17, 15) is 4.39 Å². The van der Waals surface area contributed by atoms with Crippen molar-refractivity contribution in [1.29, 1.82) is 0 Å². The monoisotopic (exact) mass is 439 g/mol. The van der Waals surface area contributed by atoms with Crippen LogP contribution in [0.25, 0.3) is 0 Å². The van der Waals surface area contributed by atoms with Crippen LogP contribution >= 0.6 is 54.8 Å². The highest BCUT2D eigenvalue weighted by molar-refractivity contribution is 9.12. The third-order valence-corrected chi connectivity index (χ3v) is 5.49. The Hall–Kier alpha value is 0.0600. The van der Waals surface area contributed by atoms with Crippen LogP contribution in [0.3, 0.4) is 0 Å². The predicted molar refractivity (Wildman–Crippen MR) is 91.3 cm³/mol. The first kappa shape index (κ1) is 16.4. The van der Waals surface area contributed by atoms with E-state index in [-0.39, 0.29) is 11.9 Å². The normalized spacial score (nSPS) is 12.7. The molecule has 0 spiro atoms. The molecule has 1 heterocycles. The molecule has 0 bridgehead atoms. The average Bonchev–Trinajstić information content (AvgIpc) is 2.71. The number of rotatable bonds is 5. The van der Waals surface area contributed by atoms with Crippen molar-refractivity contribution in [3.63, 3.8) is 0 Å². The summed E-state index contributed by atoms with van der Waals surface area (Å²) in [5.41, 5.74) is 1.63. The van der Waals surface area contributed by atoms with E-state index in [1.54, 1.807) is 23.5 Å². The van der Waals surface area contributed by atoms with Crippen molar-refractivity contribution in [2.75, 3.05) is 6.54 Å². The molecule has 6 heteroatoms. The number of benzene rings is 1. The molecule has 2 aromatic rings. The summed E-state index contributed by atoms with van der Waals surface area (Å²) in [7, 11) is 0. The van der Waals surface area contributed by atoms with Crippen molar-refractivity contribution in [3.05, 3.63) is 53.8 Å².